The van der Waals surface area contributed by atoms with Crippen LogP contribution in [0.2, 0.25) is 0 Å². The van der Waals surface area contributed by atoms with Crippen molar-refractivity contribution in [3.05, 3.63) is 35.4 Å². The molecule has 1 atom stereocenters. The van der Waals surface area contributed by atoms with Crippen molar-refractivity contribution in [1.82, 2.24) is 9.80 Å². The molecule has 144 valence electrons. The molecule has 0 saturated carbocycles. The number of likely N-dealkylation sites (tertiary alicyclic amines) is 1. The zero-order valence-corrected chi connectivity index (χ0v) is 16.4. The Morgan fingerprint density at radius 2 is 2.04 bits per heavy atom. The van der Waals surface area contributed by atoms with Crippen LogP contribution in [0, 0.1) is 12.8 Å². The molecule has 1 spiro atoms. The number of rotatable bonds is 7. The Hall–Kier alpha value is -1.43. The van der Waals surface area contributed by atoms with Crippen molar-refractivity contribution in [3.63, 3.8) is 0 Å². The SMILES string of the molecule is Cc1ccc(CN2CC3(C[C@@H](CCOCC(=O)N(C)C)CCO3)C2)cc1. The molecule has 0 radical (unpaired) electrons. The maximum absolute atomic E-state index is 11.5. The first-order chi connectivity index (χ1) is 12.5. The summed E-state index contributed by atoms with van der Waals surface area (Å²) in [6, 6.07) is 8.80. The highest BCUT2D eigenvalue weighted by atomic mass is 16.5. The monoisotopic (exact) mass is 360 g/mol. The number of hydrogen-bond donors (Lipinski definition) is 0. The summed E-state index contributed by atoms with van der Waals surface area (Å²) in [4.78, 5) is 15.6. The molecule has 2 aliphatic heterocycles. The third kappa shape index (κ3) is 5.06. The van der Waals surface area contributed by atoms with Gasteiger partial charge in [-0.15, -0.1) is 0 Å². The number of likely N-dealkylation sites (N-methyl/N-ethyl adjacent to an activating group) is 1. The highest BCUT2D eigenvalue weighted by molar-refractivity contribution is 5.76. The Bertz CT molecular complexity index is 594. The van der Waals surface area contributed by atoms with E-state index in [4.69, 9.17) is 9.47 Å². The fraction of sp³-hybridized carbons (Fsp3) is 0.667. The summed E-state index contributed by atoms with van der Waals surface area (Å²) in [7, 11) is 3.51. The van der Waals surface area contributed by atoms with Gasteiger partial charge in [0.25, 0.3) is 0 Å². The van der Waals surface area contributed by atoms with Crippen LogP contribution in [0.3, 0.4) is 0 Å². The molecule has 2 heterocycles. The Balaban J connectivity index is 1.37. The van der Waals surface area contributed by atoms with Crippen LogP contribution in [0.4, 0.5) is 0 Å². The lowest BCUT2D eigenvalue weighted by molar-refractivity contribution is -0.182. The normalized spacial score (nSPS) is 22.2. The zero-order chi connectivity index (χ0) is 18.6. The summed E-state index contributed by atoms with van der Waals surface area (Å²) < 4.78 is 11.7. The van der Waals surface area contributed by atoms with Crippen molar-refractivity contribution >= 4 is 5.91 Å². The van der Waals surface area contributed by atoms with E-state index in [1.165, 1.54) is 11.1 Å². The third-order valence-electron chi connectivity index (χ3n) is 5.54. The van der Waals surface area contributed by atoms with Crippen molar-refractivity contribution in [2.45, 2.75) is 38.3 Å². The van der Waals surface area contributed by atoms with Crippen LogP contribution >= 0.6 is 0 Å². The maximum Gasteiger partial charge on any atom is 0.248 e. The quantitative estimate of drug-likeness (QED) is 0.701. The molecule has 1 aromatic rings. The van der Waals surface area contributed by atoms with Crippen LogP contribution in [-0.2, 0) is 20.8 Å². The van der Waals surface area contributed by atoms with Crippen LogP contribution in [0.5, 0.6) is 0 Å². The summed E-state index contributed by atoms with van der Waals surface area (Å²) in [5, 5.41) is 0. The van der Waals surface area contributed by atoms with Crippen LogP contribution < -0.4 is 0 Å². The van der Waals surface area contributed by atoms with E-state index in [9.17, 15) is 4.79 Å². The molecule has 2 aliphatic rings. The fourth-order valence-corrected chi connectivity index (χ4v) is 3.97. The van der Waals surface area contributed by atoms with Gasteiger partial charge in [-0.3, -0.25) is 9.69 Å². The second-order valence-electron chi connectivity index (χ2n) is 8.15. The van der Waals surface area contributed by atoms with Gasteiger partial charge < -0.3 is 14.4 Å². The number of ether oxygens (including phenoxy) is 2. The smallest absolute Gasteiger partial charge is 0.248 e. The highest BCUT2D eigenvalue weighted by Gasteiger charge is 2.47. The van der Waals surface area contributed by atoms with Crippen molar-refractivity contribution in [3.8, 4) is 0 Å². The highest BCUT2D eigenvalue weighted by Crippen LogP contribution is 2.38. The average molecular weight is 360 g/mol. The molecular weight excluding hydrogens is 328 g/mol. The molecule has 5 heteroatoms. The summed E-state index contributed by atoms with van der Waals surface area (Å²) in [6.07, 6.45) is 3.23. The molecule has 26 heavy (non-hydrogen) atoms. The molecule has 2 saturated heterocycles. The molecule has 0 aromatic heterocycles. The lowest BCUT2D eigenvalue weighted by atomic mass is 9.79. The Labute approximate surface area is 157 Å². The van der Waals surface area contributed by atoms with E-state index in [1.54, 1.807) is 19.0 Å². The van der Waals surface area contributed by atoms with E-state index in [1.807, 2.05) is 0 Å². The first-order valence-electron chi connectivity index (χ1n) is 9.65. The van der Waals surface area contributed by atoms with Gasteiger partial charge in [0, 0.05) is 46.9 Å². The first kappa shape index (κ1) is 19.3. The minimum Gasteiger partial charge on any atom is -0.372 e. The third-order valence-corrected chi connectivity index (χ3v) is 5.54. The first-order valence-corrected chi connectivity index (χ1v) is 9.65. The van der Waals surface area contributed by atoms with Gasteiger partial charge in [-0.05, 0) is 37.7 Å². The minimum atomic E-state index is 0.0270. The second kappa shape index (κ2) is 8.51. The van der Waals surface area contributed by atoms with Crippen LogP contribution in [0.15, 0.2) is 24.3 Å². The number of benzene rings is 1. The lowest BCUT2D eigenvalue weighted by Crippen LogP contribution is -2.64. The van der Waals surface area contributed by atoms with Crippen LogP contribution in [0.1, 0.15) is 30.4 Å². The van der Waals surface area contributed by atoms with Gasteiger partial charge in [0.15, 0.2) is 0 Å². The summed E-state index contributed by atoms with van der Waals surface area (Å²) in [6.45, 7) is 6.87. The average Bonchev–Trinajstić information content (AvgIpc) is 2.59. The van der Waals surface area contributed by atoms with Gasteiger partial charge in [0.1, 0.15) is 6.61 Å². The number of carbonyl (C=O) groups excluding carboxylic acids is 1. The van der Waals surface area contributed by atoms with E-state index in [0.29, 0.717) is 12.5 Å². The molecule has 0 N–H and O–H groups in total. The topological polar surface area (TPSA) is 42.0 Å². The zero-order valence-electron chi connectivity index (χ0n) is 16.4. The van der Waals surface area contributed by atoms with Gasteiger partial charge in [0.05, 0.1) is 5.60 Å². The molecule has 0 bridgehead atoms. The number of aryl methyl sites for hydroxylation is 1. The Morgan fingerprint density at radius 1 is 1.31 bits per heavy atom. The van der Waals surface area contributed by atoms with Gasteiger partial charge >= 0.3 is 0 Å². The minimum absolute atomic E-state index is 0.0270. The molecule has 2 fully saturated rings. The predicted octanol–water partition coefficient (Wildman–Crippen LogP) is 2.47. The van der Waals surface area contributed by atoms with Gasteiger partial charge in [-0.25, -0.2) is 0 Å². The Kier molecular flexibility index (Phi) is 6.33. The summed E-state index contributed by atoms with van der Waals surface area (Å²) in [5.41, 5.74) is 2.73. The van der Waals surface area contributed by atoms with Gasteiger partial charge in [-0.1, -0.05) is 29.8 Å². The molecule has 0 aliphatic carbocycles. The molecule has 5 nitrogen and oxygen atoms in total. The molecule has 0 unspecified atom stereocenters. The van der Waals surface area contributed by atoms with E-state index >= 15 is 0 Å². The number of nitrogens with zero attached hydrogens (tertiary/aromatic N) is 2. The molecule has 3 rings (SSSR count). The van der Waals surface area contributed by atoms with E-state index in [2.05, 4.69) is 36.1 Å². The van der Waals surface area contributed by atoms with Crippen LogP contribution in [0.25, 0.3) is 0 Å². The standard InChI is InChI=1S/C21H32N2O3/c1-17-4-6-19(7-5-17)13-23-15-21(16-23)12-18(9-11-26-21)8-10-25-14-20(24)22(2)3/h4-7,18H,8-16H2,1-3H3/t18-/m0/s1. The van der Waals surface area contributed by atoms with E-state index in [-0.39, 0.29) is 18.1 Å². The molecule has 1 aromatic carbocycles. The van der Waals surface area contributed by atoms with Crippen LogP contribution in [-0.4, -0.2) is 68.3 Å². The van der Waals surface area contributed by atoms with Crippen molar-refractivity contribution in [2.75, 3.05) is 47.0 Å². The van der Waals surface area contributed by atoms with E-state index in [0.717, 1.165) is 45.5 Å². The Morgan fingerprint density at radius 3 is 2.73 bits per heavy atom. The van der Waals surface area contributed by atoms with Crippen molar-refractivity contribution < 1.29 is 14.3 Å². The number of carbonyl (C=O) groups is 1. The number of amides is 1. The second-order valence-corrected chi connectivity index (χ2v) is 8.15. The lowest BCUT2D eigenvalue weighted by Gasteiger charge is -2.53. The molecule has 1 amide bonds. The largest absolute Gasteiger partial charge is 0.372 e. The maximum atomic E-state index is 11.5. The predicted molar refractivity (Wildman–Crippen MR) is 102 cm³/mol. The van der Waals surface area contributed by atoms with E-state index < -0.39 is 0 Å². The summed E-state index contributed by atoms with van der Waals surface area (Å²) in [5.74, 6) is 0.666. The summed E-state index contributed by atoms with van der Waals surface area (Å²) >= 11 is 0. The van der Waals surface area contributed by atoms with Crippen molar-refractivity contribution in [1.29, 1.82) is 0 Å². The molecular formula is C21H32N2O3. The van der Waals surface area contributed by atoms with Crippen molar-refractivity contribution in [2.24, 2.45) is 5.92 Å². The van der Waals surface area contributed by atoms with Gasteiger partial charge in [0.2, 0.25) is 5.91 Å². The fourth-order valence-electron chi connectivity index (χ4n) is 3.97. The van der Waals surface area contributed by atoms with Gasteiger partial charge in [-0.2, -0.15) is 0 Å². The number of hydrogen-bond acceptors (Lipinski definition) is 4.